The number of urea groups is 1. The topological polar surface area (TPSA) is 183 Å². The number of imide groups is 2. The minimum atomic E-state index is -2.88. The fraction of sp³-hybridized carbons (Fsp3) is 0.500. The van der Waals surface area contributed by atoms with Crippen molar-refractivity contribution in [1.82, 2.24) is 44.6 Å². The van der Waals surface area contributed by atoms with Gasteiger partial charge in [-0.3, -0.25) is 34.1 Å². The molecule has 1 unspecified atom stereocenters. The van der Waals surface area contributed by atoms with Crippen LogP contribution in [0.3, 0.4) is 0 Å². The van der Waals surface area contributed by atoms with Crippen LogP contribution in [-0.2, 0) is 9.53 Å². The summed E-state index contributed by atoms with van der Waals surface area (Å²) in [5.74, 6) is -1.05. The second-order valence-electron chi connectivity index (χ2n) is 17.0. The summed E-state index contributed by atoms with van der Waals surface area (Å²) in [5.41, 5.74) is 1.33. The fourth-order valence-electron chi connectivity index (χ4n) is 10.4. The minimum Gasteiger partial charge on any atom is -0.374 e. The lowest BCUT2D eigenvalue weighted by molar-refractivity contribution is -0.122. The van der Waals surface area contributed by atoms with Crippen molar-refractivity contribution in [3.05, 3.63) is 65.2 Å². The van der Waals surface area contributed by atoms with E-state index >= 15 is 0 Å². The first-order valence-corrected chi connectivity index (χ1v) is 20.6. The van der Waals surface area contributed by atoms with Gasteiger partial charge < -0.3 is 19.9 Å². The van der Waals surface area contributed by atoms with Crippen molar-refractivity contribution >= 4 is 52.5 Å². The number of piperazine rings is 1. The summed E-state index contributed by atoms with van der Waals surface area (Å²) in [4.78, 5) is 75.8. The highest BCUT2D eigenvalue weighted by Crippen LogP contribution is 2.41. The zero-order valence-electron chi connectivity index (χ0n) is 32.5. The number of amides is 6. The number of anilines is 3. The number of ether oxygens (including phenoxy) is 1. The van der Waals surface area contributed by atoms with Crippen LogP contribution in [0, 0.1) is 5.92 Å². The number of nitrogens with one attached hydrogen (secondary N) is 2. The quantitative estimate of drug-likeness (QED) is 0.236. The molecule has 7 fully saturated rings. The van der Waals surface area contributed by atoms with E-state index in [1.807, 2.05) is 12.1 Å². The normalized spacial score (nSPS) is 27.6. The molecular weight excluding hydrogens is 783 g/mol. The van der Waals surface area contributed by atoms with Crippen LogP contribution < -0.4 is 20.4 Å². The molecule has 4 bridgehead atoms. The third-order valence-corrected chi connectivity index (χ3v) is 13.5. The predicted octanol–water partition coefficient (Wildman–Crippen LogP) is 3.24. The van der Waals surface area contributed by atoms with Gasteiger partial charge in [0.05, 0.1) is 54.4 Å². The Morgan fingerprint density at radius 2 is 1.75 bits per heavy atom. The SMILES string of the molecule is O=C1CCN(N2C(=O)c3ccc(N4CC5C[C@H](C4)N5CC4CCC(n5cc(NC(=O)c6cnn7ccc(N8C[C@H]9C[C@@H]8CO9)nc67)c(C(F)F)n5)CC4)cc3C2=O)C(=O)N1. The van der Waals surface area contributed by atoms with Crippen molar-refractivity contribution in [2.45, 2.75) is 81.6 Å². The van der Waals surface area contributed by atoms with Crippen LogP contribution in [0.25, 0.3) is 5.65 Å². The summed E-state index contributed by atoms with van der Waals surface area (Å²) in [6.07, 6.45) is 7.34. The Morgan fingerprint density at radius 3 is 2.48 bits per heavy atom. The third kappa shape index (κ3) is 6.09. The number of halogens is 2. The number of hydrogen-bond donors (Lipinski definition) is 2. The number of morpholine rings is 1. The molecule has 18 nitrogen and oxygen atoms in total. The van der Waals surface area contributed by atoms with Crippen molar-refractivity contribution in [2.75, 3.05) is 54.4 Å². The largest absolute Gasteiger partial charge is 0.374 e. The van der Waals surface area contributed by atoms with Gasteiger partial charge in [0, 0.05) is 62.8 Å². The van der Waals surface area contributed by atoms with Crippen LogP contribution in [0.5, 0.6) is 0 Å². The maximum absolute atomic E-state index is 14.3. The van der Waals surface area contributed by atoms with Crippen molar-refractivity contribution in [3.63, 3.8) is 0 Å². The van der Waals surface area contributed by atoms with Crippen molar-refractivity contribution in [1.29, 1.82) is 0 Å². The third-order valence-electron chi connectivity index (χ3n) is 13.5. The molecule has 0 radical (unpaired) electrons. The number of piperidine rings is 1. The van der Waals surface area contributed by atoms with Gasteiger partial charge >= 0.3 is 6.03 Å². The van der Waals surface area contributed by atoms with E-state index in [1.54, 1.807) is 23.0 Å². The van der Waals surface area contributed by atoms with Gasteiger partial charge in [0.1, 0.15) is 11.4 Å². The molecule has 1 aromatic carbocycles. The number of carbonyl (C=O) groups excluding carboxylic acids is 5. The summed E-state index contributed by atoms with van der Waals surface area (Å²) in [6.45, 7) is 3.79. The highest BCUT2D eigenvalue weighted by molar-refractivity contribution is 6.22. The number of aromatic nitrogens is 5. The molecule has 10 heterocycles. The number of nitrogens with zero attached hydrogens (tertiary/aromatic N) is 10. The summed E-state index contributed by atoms with van der Waals surface area (Å²) in [6, 6.07) is 7.10. The van der Waals surface area contributed by atoms with Crippen LogP contribution in [0.15, 0.2) is 42.9 Å². The Kier molecular flexibility index (Phi) is 8.66. The number of alkyl halides is 2. The van der Waals surface area contributed by atoms with Crippen molar-refractivity contribution in [3.8, 4) is 0 Å². The molecule has 1 saturated carbocycles. The Bertz CT molecular complexity index is 2450. The van der Waals surface area contributed by atoms with Crippen LogP contribution in [0.2, 0.25) is 0 Å². The lowest BCUT2D eigenvalue weighted by atomic mass is 9.81. The number of rotatable bonds is 9. The molecule has 7 aliphatic heterocycles. The van der Waals surface area contributed by atoms with Gasteiger partial charge in [0.25, 0.3) is 24.1 Å². The monoisotopic (exact) mass is 824 g/mol. The van der Waals surface area contributed by atoms with E-state index in [1.165, 1.54) is 16.9 Å². The maximum Gasteiger partial charge on any atom is 0.343 e. The van der Waals surface area contributed by atoms with Crippen LogP contribution in [-0.4, -0.2) is 133 Å². The van der Waals surface area contributed by atoms with Crippen molar-refractivity contribution in [2.24, 2.45) is 5.92 Å². The van der Waals surface area contributed by atoms with Gasteiger partial charge in [0.15, 0.2) is 11.3 Å². The number of hydrazine groups is 1. The lowest BCUT2D eigenvalue weighted by Crippen LogP contribution is -2.69. The van der Waals surface area contributed by atoms with E-state index in [0.717, 1.165) is 86.2 Å². The maximum atomic E-state index is 14.3. The van der Waals surface area contributed by atoms with E-state index < -0.39 is 41.8 Å². The summed E-state index contributed by atoms with van der Waals surface area (Å²) < 4.78 is 37.5. The second kappa shape index (κ2) is 14.0. The van der Waals surface area contributed by atoms with Gasteiger partial charge in [-0.2, -0.15) is 15.2 Å². The standard InChI is InChI=1S/C40H42F2N12O6/c41-35(42)34-31(44-37(56)30-14-43-51-9-7-32(45-36(30)51)50-18-27-12-26(50)20-60-27)19-52(47-34)22-3-1-21(2-4-22)15-49-24-11-25(49)17-48(16-24)23-5-6-28-29(13-23)39(58)54(38(28)57)53-10-8-33(55)46-40(53)59/h5-7,9,13-14,19,21-22,24-27,35H,1-4,8,10-12,15-18,20H2,(H,44,56)(H,46,55,59)/t21?,22?,24-,25?,26-,27-/m1/s1. The summed E-state index contributed by atoms with van der Waals surface area (Å²) in [5, 5.41) is 15.2. The lowest BCUT2D eigenvalue weighted by Gasteiger charge is -2.58. The Morgan fingerprint density at radius 1 is 0.950 bits per heavy atom. The number of carbonyl (C=O) groups is 5. The summed E-state index contributed by atoms with van der Waals surface area (Å²) >= 11 is 0. The molecule has 4 atom stereocenters. The van der Waals surface area contributed by atoms with Crippen molar-refractivity contribution < 1.29 is 37.5 Å². The predicted molar refractivity (Wildman–Crippen MR) is 208 cm³/mol. The number of fused-ring (bicyclic) bond motifs is 6. The molecule has 0 spiro atoms. The fourth-order valence-corrected chi connectivity index (χ4v) is 10.4. The molecule has 8 aliphatic rings. The van der Waals surface area contributed by atoms with E-state index in [-0.39, 0.29) is 53.5 Å². The van der Waals surface area contributed by atoms with Crippen LogP contribution in [0.1, 0.15) is 94.2 Å². The first kappa shape index (κ1) is 37.0. The molecule has 312 valence electrons. The van der Waals surface area contributed by atoms with E-state index in [2.05, 4.69) is 35.5 Å². The Hall–Kier alpha value is -6.02. The Balaban J connectivity index is 0.703. The highest BCUT2D eigenvalue weighted by atomic mass is 19.3. The first-order valence-electron chi connectivity index (χ1n) is 20.6. The zero-order valence-corrected chi connectivity index (χ0v) is 32.5. The van der Waals surface area contributed by atoms with Crippen LogP contribution >= 0.6 is 0 Å². The second-order valence-corrected chi connectivity index (χ2v) is 17.0. The molecular formula is C40H42F2N12O6. The van der Waals surface area contributed by atoms with Crippen LogP contribution in [0.4, 0.5) is 30.8 Å². The Labute approximate surface area is 341 Å². The molecule has 60 heavy (non-hydrogen) atoms. The minimum absolute atomic E-state index is 0.00420. The molecule has 1 aliphatic carbocycles. The first-order chi connectivity index (χ1) is 29.1. The molecule has 20 heteroatoms. The highest BCUT2D eigenvalue weighted by Gasteiger charge is 2.47. The molecule has 12 rings (SSSR count). The van der Waals surface area contributed by atoms with Gasteiger partial charge in [-0.15, -0.1) is 0 Å². The van der Waals surface area contributed by atoms with Gasteiger partial charge in [-0.1, -0.05) is 0 Å². The average Bonchev–Trinajstić information content (AvgIpc) is 4.10. The molecule has 4 aromatic rings. The number of hydrogen-bond acceptors (Lipinski definition) is 12. The van der Waals surface area contributed by atoms with Gasteiger partial charge in [-0.05, 0) is 68.7 Å². The molecule has 2 N–H and O–H groups in total. The van der Waals surface area contributed by atoms with E-state index in [4.69, 9.17) is 9.72 Å². The summed E-state index contributed by atoms with van der Waals surface area (Å²) in [7, 11) is 0. The molecule has 6 saturated heterocycles. The molecule has 3 aromatic heterocycles. The molecule has 6 amide bonds. The number of benzene rings is 1. The smallest absolute Gasteiger partial charge is 0.343 e. The van der Waals surface area contributed by atoms with E-state index in [0.29, 0.717) is 30.3 Å². The average molecular weight is 825 g/mol. The zero-order chi connectivity index (χ0) is 41.0. The van der Waals surface area contributed by atoms with Gasteiger partial charge in [-0.25, -0.2) is 28.1 Å². The van der Waals surface area contributed by atoms with Gasteiger partial charge in [0.2, 0.25) is 5.91 Å². The van der Waals surface area contributed by atoms with E-state index in [9.17, 15) is 32.8 Å².